The van der Waals surface area contributed by atoms with Crippen molar-refractivity contribution in [3.8, 4) is 11.3 Å². The van der Waals surface area contributed by atoms with Gasteiger partial charge in [0.15, 0.2) is 5.76 Å². The highest BCUT2D eigenvalue weighted by molar-refractivity contribution is 6.36. The molecule has 4 heteroatoms. The molecular formula is C9H5Cl2NO. The molecule has 0 aliphatic rings. The molecule has 66 valence electrons. The highest BCUT2D eigenvalue weighted by Crippen LogP contribution is 2.29. The van der Waals surface area contributed by atoms with E-state index in [0.717, 1.165) is 5.56 Å². The molecule has 1 heterocycles. The van der Waals surface area contributed by atoms with Crippen LogP contribution in [0, 0.1) is 0 Å². The predicted octanol–water partition coefficient (Wildman–Crippen LogP) is 3.65. The first-order chi connectivity index (χ1) is 6.27. The molecule has 1 aromatic heterocycles. The summed E-state index contributed by atoms with van der Waals surface area (Å²) in [5, 5.41) is 4.76. The van der Waals surface area contributed by atoms with Crippen LogP contribution in [-0.4, -0.2) is 5.16 Å². The Morgan fingerprint density at radius 2 is 2.00 bits per heavy atom. The number of aromatic nitrogens is 1. The first kappa shape index (κ1) is 8.60. The minimum absolute atomic E-state index is 0.559. The monoisotopic (exact) mass is 213 g/mol. The topological polar surface area (TPSA) is 26.0 Å². The lowest BCUT2D eigenvalue weighted by Crippen LogP contribution is -1.75. The second-order valence-electron chi connectivity index (χ2n) is 2.50. The van der Waals surface area contributed by atoms with E-state index in [4.69, 9.17) is 27.7 Å². The molecule has 1 aromatic carbocycles. The van der Waals surface area contributed by atoms with Crippen molar-refractivity contribution in [2.24, 2.45) is 0 Å². The van der Waals surface area contributed by atoms with Crippen LogP contribution in [0.15, 0.2) is 35.0 Å². The summed E-state index contributed by atoms with van der Waals surface area (Å²) in [5.41, 5.74) is 0.795. The highest BCUT2D eigenvalue weighted by Gasteiger charge is 2.06. The molecule has 2 rings (SSSR count). The van der Waals surface area contributed by atoms with Crippen molar-refractivity contribution < 1.29 is 4.52 Å². The molecule has 0 fully saturated rings. The van der Waals surface area contributed by atoms with Crippen LogP contribution >= 0.6 is 23.2 Å². The predicted molar refractivity (Wildman–Crippen MR) is 52.0 cm³/mol. The van der Waals surface area contributed by atoms with Crippen LogP contribution in [0.5, 0.6) is 0 Å². The number of nitrogens with zero attached hydrogens (tertiary/aromatic N) is 1. The number of halogens is 2. The molecule has 0 radical (unpaired) electrons. The molecule has 0 saturated carbocycles. The Morgan fingerprint density at radius 3 is 2.62 bits per heavy atom. The Morgan fingerprint density at radius 1 is 1.15 bits per heavy atom. The summed E-state index contributed by atoms with van der Waals surface area (Å²) in [6, 6.07) is 6.96. The zero-order valence-corrected chi connectivity index (χ0v) is 8.01. The van der Waals surface area contributed by atoms with Gasteiger partial charge in [-0.1, -0.05) is 28.4 Å². The van der Waals surface area contributed by atoms with Crippen molar-refractivity contribution in [3.05, 3.63) is 40.5 Å². The maximum Gasteiger partial charge on any atom is 0.168 e. The van der Waals surface area contributed by atoms with Crippen LogP contribution in [0.3, 0.4) is 0 Å². The van der Waals surface area contributed by atoms with Crippen LogP contribution in [0.1, 0.15) is 0 Å². The molecule has 0 spiro atoms. The van der Waals surface area contributed by atoms with Crippen molar-refractivity contribution >= 4 is 23.2 Å². The fourth-order valence-electron chi connectivity index (χ4n) is 1.04. The highest BCUT2D eigenvalue weighted by atomic mass is 35.5. The second kappa shape index (κ2) is 3.40. The van der Waals surface area contributed by atoms with Crippen molar-refractivity contribution in [2.75, 3.05) is 0 Å². The molecule has 0 bridgehead atoms. The largest absolute Gasteiger partial charge is 0.356 e. The van der Waals surface area contributed by atoms with Crippen LogP contribution in [0.2, 0.25) is 10.0 Å². The van der Waals surface area contributed by atoms with Gasteiger partial charge >= 0.3 is 0 Å². The average Bonchev–Trinajstić information content (AvgIpc) is 2.56. The van der Waals surface area contributed by atoms with Gasteiger partial charge in [0.2, 0.25) is 0 Å². The van der Waals surface area contributed by atoms with E-state index in [1.165, 1.54) is 0 Å². The van der Waals surface area contributed by atoms with Crippen molar-refractivity contribution in [2.45, 2.75) is 0 Å². The SMILES string of the molecule is Clc1ccc(-c2ccno2)c(Cl)c1. The summed E-state index contributed by atoms with van der Waals surface area (Å²) in [7, 11) is 0. The second-order valence-corrected chi connectivity index (χ2v) is 3.34. The number of hydrogen-bond acceptors (Lipinski definition) is 2. The van der Waals surface area contributed by atoms with Crippen molar-refractivity contribution in [3.63, 3.8) is 0 Å². The Kier molecular flexibility index (Phi) is 2.25. The van der Waals surface area contributed by atoms with Gasteiger partial charge in [-0.2, -0.15) is 0 Å². The lowest BCUT2D eigenvalue weighted by molar-refractivity contribution is 0.432. The smallest absolute Gasteiger partial charge is 0.168 e. The van der Waals surface area contributed by atoms with E-state index < -0.39 is 0 Å². The first-order valence-corrected chi connectivity index (χ1v) is 4.39. The van der Waals surface area contributed by atoms with Gasteiger partial charge in [-0.15, -0.1) is 0 Å². The summed E-state index contributed by atoms with van der Waals surface area (Å²) in [5.74, 6) is 0.640. The quantitative estimate of drug-likeness (QED) is 0.723. The summed E-state index contributed by atoms with van der Waals surface area (Å²) in [4.78, 5) is 0. The third kappa shape index (κ3) is 1.69. The molecule has 0 amide bonds. The van der Waals surface area contributed by atoms with Gasteiger partial charge in [0.1, 0.15) is 0 Å². The molecule has 0 atom stereocenters. The number of benzene rings is 1. The Bertz CT molecular complexity index is 412. The van der Waals surface area contributed by atoms with E-state index in [1.807, 2.05) is 0 Å². The summed E-state index contributed by atoms with van der Waals surface area (Å²) < 4.78 is 4.96. The van der Waals surface area contributed by atoms with E-state index >= 15 is 0 Å². The zero-order chi connectivity index (χ0) is 9.26. The van der Waals surface area contributed by atoms with Crippen molar-refractivity contribution in [1.29, 1.82) is 0 Å². The van der Waals surface area contributed by atoms with Crippen LogP contribution < -0.4 is 0 Å². The van der Waals surface area contributed by atoms with Crippen LogP contribution in [-0.2, 0) is 0 Å². The Hall–Kier alpha value is -0.990. The molecule has 13 heavy (non-hydrogen) atoms. The van der Waals surface area contributed by atoms with Crippen molar-refractivity contribution in [1.82, 2.24) is 5.16 Å². The Labute approximate surface area is 85.1 Å². The number of hydrogen-bond donors (Lipinski definition) is 0. The van der Waals surface area contributed by atoms with Gasteiger partial charge in [-0.25, -0.2) is 0 Å². The standard InChI is InChI=1S/C9H5Cl2NO/c10-6-1-2-7(8(11)5-6)9-3-4-12-13-9/h1-5H. The lowest BCUT2D eigenvalue weighted by atomic mass is 10.2. The van der Waals surface area contributed by atoms with Gasteiger partial charge in [0.05, 0.1) is 11.2 Å². The average molecular weight is 214 g/mol. The van der Waals surface area contributed by atoms with Crippen LogP contribution in [0.25, 0.3) is 11.3 Å². The normalized spacial score (nSPS) is 10.3. The van der Waals surface area contributed by atoms with E-state index in [0.29, 0.717) is 15.8 Å². The minimum Gasteiger partial charge on any atom is -0.356 e. The van der Waals surface area contributed by atoms with E-state index in [9.17, 15) is 0 Å². The van der Waals surface area contributed by atoms with Crippen LogP contribution in [0.4, 0.5) is 0 Å². The van der Waals surface area contributed by atoms with Gasteiger partial charge in [-0.05, 0) is 18.2 Å². The summed E-state index contributed by atoms with van der Waals surface area (Å²) in [6.45, 7) is 0. The maximum atomic E-state index is 5.95. The molecule has 2 nitrogen and oxygen atoms in total. The fourth-order valence-corrected chi connectivity index (χ4v) is 1.55. The minimum atomic E-state index is 0.559. The molecule has 0 N–H and O–H groups in total. The molecule has 0 aliphatic carbocycles. The lowest BCUT2D eigenvalue weighted by Gasteiger charge is -1.98. The third-order valence-corrected chi connectivity index (χ3v) is 2.18. The van der Waals surface area contributed by atoms with E-state index in [-0.39, 0.29) is 0 Å². The van der Waals surface area contributed by atoms with Gasteiger partial charge in [0.25, 0.3) is 0 Å². The van der Waals surface area contributed by atoms with Gasteiger partial charge in [0, 0.05) is 16.7 Å². The molecule has 2 aromatic rings. The molecule has 0 aliphatic heterocycles. The summed E-state index contributed by atoms with van der Waals surface area (Å²) in [6.07, 6.45) is 1.57. The first-order valence-electron chi connectivity index (χ1n) is 3.63. The van der Waals surface area contributed by atoms with E-state index in [2.05, 4.69) is 5.16 Å². The van der Waals surface area contributed by atoms with Gasteiger partial charge < -0.3 is 4.52 Å². The Balaban J connectivity index is 2.53. The third-order valence-electron chi connectivity index (χ3n) is 1.63. The fraction of sp³-hybridized carbons (Fsp3) is 0. The van der Waals surface area contributed by atoms with Gasteiger partial charge in [-0.3, -0.25) is 0 Å². The maximum absolute atomic E-state index is 5.95. The van der Waals surface area contributed by atoms with E-state index in [1.54, 1.807) is 30.5 Å². The molecular weight excluding hydrogens is 209 g/mol. The molecule has 0 saturated heterocycles. The molecule has 0 unspecified atom stereocenters. The number of rotatable bonds is 1. The zero-order valence-electron chi connectivity index (χ0n) is 6.50. The summed E-state index contributed by atoms with van der Waals surface area (Å²) >= 11 is 11.7.